The molecule has 5 aromatic rings. The molecule has 0 saturated heterocycles. The number of imidazole rings is 1. The van der Waals surface area contributed by atoms with E-state index in [2.05, 4.69) is 25.6 Å². The average molecular weight is 475 g/mol. The average Bonchev–Trinajstić information content (AvgIpc) is 3.57. The van der Waals surface area contributed by atoms with Crippen molar-refractivity contribution in [3.05, 3.63) is 78.2 Å². The molecule has 0 bridgehead atoms. The zero-order chi connectivity index (χ0) is 24.0. The fourth-order valence-corrected chi connectivity index (χ4v) is 3.92. The summed E-state index contributed by atoms with van der Waals surface area (Å²) in [6.45, 7) is 0.329. The van der Waals surface area contributed by atoms with Crippen LogP contribution in [0.15, 0.2) is 67.1 Å². The van der Waals surface area contributed by atoms with Crippen LogP contribution in [0.1, 0.15) is 24.0 Å². The molecule has 7 nitrogen and oxygen atoms in total. The first-order chi connectivity index (χ1) is 16.9. The number of pyridine rings is 1. The van der Waals surface area contributed by atoms with Gasteiger partial charge in [0.15, 0.2) is 17.0 Å². The highest BCUT2D eigenvalue weighted by molar-refractivity contribution is 5.86. The van der Waals surface area contributed by atoms with Crippen LogP contribution in [0.3, 0.4) is 0 Å². The lowest BCUT2D eigenvalue weighted by Crippen LogP contribution is -2.08. The maximum absolute atomic E-state index is 12.9. The van der Waals surface area contributed by atoms with Crippen molar-refractivity contribution in [2.24, 2.45) is 0 Å². The van der Waals surface area contributed by atoms with Gasteiger partial charge in [0.05, 0.1) is 24.0 Å². The number of nitrogens with one attached hydrogen (secondary N) is 2. The predicted octanol–water partition coefficient (Wildman–Crippen LogP) is 5.76. The summed E-state index contributed by atoms with van der Waals surface area (Å²) in [5.41, 5.74) is 2.96. The number of alkyl halides is 3. The second-order valence-electron chi connectivity index (χ2n) is 8.59. The third-order valence-corrected chi connectivity index (χ3v) is 5.88. The minimum absolute atomic E-state index is 0.329. The summed E-state index contributed by atoms with van der Waals surface area (Å²) < 4.78 is 40.6. The summed E-state index contributed by atoms with van der Waals surface area (Å²) in [6, 6.07) is 15.2. The number of hydrogen-bond acceptors (Lipinski definition) is 6. The Labute approximate surface area is 198 Å². The zero-order valence-electron chi connectivity index (χ0n) is 18.4. The molecule has 0 atom stereocenters. The van der Waals surface area contributed by atoms with Crippen molar-refractivity contribution in [3.63, 3.8) is 0 Å². The fourth-order valence-electron chi connectivity index (χ4n) is 3.92. The molecule has 1 fully saturated rings. The first-order valence-corrected chi connectivity index (χ1v) is 11.2. The molecule has 1 aliphatic carbocycles. The van der Waals surface area contributed by atoms with Gasteiger partial charge in [-0.1, -0.05) is 18.2 Å². The summed E-state index contributed by atoms with van der Waals surface area (Å²) >= 11 is 0. The molecule has 3 aromatic heterocycles. The van der Waals surface area contributed by atoms with Crippen molar-refractivity contribution in [2.75, 3.05) is 10.6 Å². The Morgan fingerprint density at radius 3 is 2.57 bits per heavy atom. The van der Waals surface area contributed by atoms with Crippen LogP contribution in [-0.2, 0) is 12.7 Å². The number of aromatic nitrogens is 5. The van der Waals surface area contributed by atoms with E-state index < -0.39 is 11.7 Å². The molecule has 0 spiro atoms. The van der Waals surface area contributed by atoms with E-state index in [1.807, 2.05) is 34.9 Å². The normalized spacial score (nSPS) is 13.9. The highest BCUT2D eigenvalue weighted by atomic mass is 19.4. The second kappa shape index (κ2) is 8.23. The van der Waals surface area contributed by atoms with E-state index in [1.165, 1.54) is 12.1 Å². The van der Waals surface area contributed by atoms with Crippen LogP contribution in [0, 0.1) is 0 Å². The highest BCUT2D eigenvalue weighted by Gasteiger charge is 2.30. The molecule has 1 aliphatic rings. The van der Waals surface area contributed by atoms with Crippen LogP contribution in [0.4, 0.5) is 30.6 Å². The second-order valence-corrected chi connectivity index (χ2v) is 8.59. The third-order valence-electron chi connectivity index (χ3n) is 5.88. The lowest BCUT2D eigenvalue weighted by Gasteiger charge is -2.11. The Kier molecular flexibility index (Phi) is 5.01. The third kappa shape index (κ3) is 4.46. The van der Waals surface area contributed by atoms with E-state index in [0.717, 1.165) is 41.6 Å². The van der Waals surface area contributed by atoms with E-state index in [-0.39, 0.29) is 0 Å². The lowest BCUT2D eigenvalue weighted by molar-refractivity contribution is -0.137. The largest absolute Gasteiger partial charge is 0.416 e. The Balaban J connectivity index is 1.35. The van der Waals surface area contributed by atoms with E-state index in [1.54, 1.807) is 12.5 Å². The summed E-state index contributed by atoms with van der Waals surface area (Å²) in [7, 11) is 0. The van der Waals surface area contributed by atoms with Gasteiger partial charge in [0.25, 0.3) is 0 Å². The van der Waals surface area contributed by atoms with Gasteiger partial charge >= 0.3 is 6.18 Å². The van der Waals surface area contributed by atoms with Crippen LogP contribution in [0.25, 0.3) is 22.1 Å². The van der Waals surface area contributed by atoms with Gasteiger partial charge in [0, 0.05) is 23.3 Å². The number of hydrogen-bond donors (Lipinski definition) is 2. The highest BCUT2D eigenvalue weighted by Crippen LogP contribution is 2.31. The van der Waals surface area contributed by atoms with Gasteiger partial charge in [-0.25, -0.2) is 4.98 Å². The Morgan fingerprint density at radius 1 is 0.971 bits per heavy atom. The molecule has 10 heteroatoms. The van der Waals surface area contributed by atoms with Gasteiger partial charge in [0.1, 0.15) is 0 Å². The van der Waals surface area contributed by atoms with Crippen LogP contribution >= 0.6 is 0 Å². The van der Waals surface area contributed by atoms with Gasteiger partial charge in [-0.15, -0.1) is 0 Å². The molecule has 35 heavy (non-hydrogen) atoms. The van der Waals surface area contributed by atoms with Crippen LogP contribution in [0.5, 0.6) is 0 Å². The SMILES string of the molecule is FC(F)(F)c1ccc(Cn2cnc3c(NC4CC4)nc(Nc4ccc5ncccc5c4)nc32)cc1. The van der Waals surface area contributed by atoms with Crippen molar-refractivity contribution in [1.82, 2.24) is 24.5 Å². The van der Waals surface area contributed by atoms with Gasteiger partial charge in [-0.05, 0) is 54.8 Å². The number of fused-ring (bicyclic) bond motifs is 2. The lowest BCUT2D eigenvalue weighted by atomic mass is 10.1. The Morgan fingerprint density at radius 2 is 1.80 bits per heavy atom. The van der Waals surface area contributed by atoms with E-state index in [0.29, 0.717) is 41.1 Å². The minimum atomic E-state index is -4.36. The van der Waals surface area contributed by atoms with Crippen molar-refractivity contribution in [3.8, 4) is 0 Å². The molecule has 2 N–H and O–H groups in total. The number of halogens is 3. The monoisotopic (exact) mass is 475 g/mol. The molecule has 2 aromatic carbocycles. The van der Waals surface area contributed by atoms with E-state index in [4.69, 9.17) is 4.98 Å². The number of rotatable bonds is 6. The maximum Gasteiger partial charge on any atom is 0.416 e. The molecule has 0 radical (unpaired) electrons. The standard InChI is InChI=1S/C25H20F3N7/c26-25(27,28)17-5-3-15(4-6-17)13-35-14-30-21-22(31-18-7-8-18)33-24(34-23(21)35)32-19-9-10-20-16(12-19)2-1-11-29-20/h1-6,9-12,14,18H,7-8,13H2,(H2,31,32,33,34). The van der Waals surface area contributed by atoms with Gasteiger partial charge in [0.2, 0.25) is 5.95 Å². The molecule has 0 unspecified atom stereocenters. The molecule has 0 amide bonds. The van der Waals surface area contributed by atoms with Crippen molar-refractivity contribution in [1.29, 1.82) is 0 Å². The van der Waals surface area contributed by atoms with Crippen LogP contribution in [-0.4, -0.2) is 30.5 Å². The topological polar surface area (TPSA) is 80.5 Å². The number of nitrogens with zero attached hydrogens (tertiary/aromatic N) is 5. The van der Waals surface area contributed by atoms with Gasteiger partial charge in [-0.3, -0.25) is 4.98 Å². The first kappa shape index (κ1) is 21.3. The van der Waals surface area contributed by atoms with Crippen molar-refractivity contribution < 1.29 is 13.2 Å². The minimum Gasteiger partial charge on any atom is -0.365 e. The fraction of sp³-hybridized carbons (Fsp3) is 0.200. The maximum atomic E-state index is 12.9. The van der Waals surface area contributed by atoms with Crippen LogP contribution in [0.2, 0.25) is 0 Å². The summed E-state index contributed by atoms with van der Waals surface area (Å²) in [6.07, 6.45) is 1.16. The molecule has 3 heterocycles. The predicted molar refractivity (Wildman–Crippen MR) is 128 cm³/mol. The van der Waals surface area contributed by atoms with Crippen LogP contribution < -0.4 is 10.6 Å². The quantitative estimate of drug-likeness (QED) is 0.325. The molecular weight excluding hydrogens is 455 g/mol. The molecule has 176 valence electrons. The Hall–Kier alpha value is -4.21. The van der Waals surface area contributed by atoms with Gasteiger partial charge < -0.3 is 15.2 Å². The smallest absolute Gasteiger partial charge is 0.365 e. The van der Waals surface area contributed by atoms with Gasteiger partial charge in [-0.2, -0.15) is 23.1 Å². The first-order valence-electron chi connectivity index (χ1n) is 11.2. The number of anilines is 3. The summed E-state index contributed by atoms with van der Waals surface area (Å²) in [5, 5.41) is 7.67. The summed E-state index contributed by atoms with van der Waals surface area (Å²) in [5.74, 6) is 1.03. The number of benzene rings is 2. The zero-order valence-corrected chi connectivity index (χ0v) is 18.4. The van der Waals surface area contributed by atoms with E-state index >= 15 is 0 Å². The molecule has 0 aliphatic heterocycles. The summed E-state index contributed by atoms with van der Waals surface area (Å²) in [4.78, 5) is 18.2. The molecular formula is C25H20F3N7. The van der Waals surface area contributed by atoms with Crippen molar-refractivity contribution >= 4 is 39.5 Å². The van der Waals surface area contributed by atoms with E-state index in [9.17, 15) is 13.2 Å². The molecule has 1 saturated carbocycles. The van der Waals surface area contributed by atoms with Crippen molar-refractivity contribution in [2.45, 2.75) is 31.6 Å². The molecule has 6 rings (SSSR count). The Bertz CT molecular complexity index is 1520.